The summed E-state index contributed by atoms with van der Waals surface area (Å²) < 4.78 is 5.35. The van der Waals surface area contributed by atoms with Crippen molar-refractivity contribution in [2.75, 3.05) is 18.5 Å². The predicted octanol–water partition coefficient (Wildman–Crippen LogP) is 2.72. The van der Waals surface area contributed by atoms with Crippen molar-refractivity contribution in [3.63, 3.8) is 0 Å². The van der Waals surface area contributed by atoms with Gasteiger partial charge in [-0.25, -0.2) is 9.97 Å². The molecule has 0 spiro atoms. The van der Waals surface area contributed by atoms with Crippen LogP contribution in [0.1, 0.15) is 33.6 Å². The van der Waals surface area contributed by atoms with E-state index in [0.29, 0.717) is 17.9 Å². The van der Waals surface area contributed by atoms with Crippen molar-refractivity contribution in [2.24, 2.45) is 11.3 Å². The van der Waals surface area contributed by atoms with Crippen LogP contribution >= 0.6 is 0 Å². The van der Waals surface area contributed by atoms with Gasteiger partial charge in [0, 0.05) is 12.6 Å². The molecule has 0 amide bonds. The highest BCUT2D eigenvalue weighted by Crippen LogP contribution is 2.51. The van der Waals surface area contributed by atoms with Crippen LogP contribution in [0.3, 0.4) is 0 Å². The summed E-state index contributed by atoms with van der Waals surface area (Å²) >= 11 is 0. The molecule has 0 bridgehead atoms. The molecule has 0 radical (unpaired) electrons. The van der Waals surface area contributed by atoms with Gasteiger partial charge in [0.25, 0.3) is 0 Å². The molecule has 0 atom stereocenters. The summed E-state index contributed by atoms with van der Waals surface area (Å²) in [6.07, 6.45) is 4.18. The van der Waals surface area contributed by atoms with Gasteiger partial charge in [0.2, 0.25) is 5.88 Å². The first-order valence-corrected chi connectivity index (χ1v) is 6.35. The summed E-state index contributed by atoms with van der Waals surface area (Å²) in [5, 5.41) is 3.40. The molecule has 0 aliphatic heterocycles. The van der Waals surface area contributed by atoms with E-state index in [1.54, 1.807) is 6.33 Å². The number of anilines is 1. The molecule has 1 fully saturated rings. The van der Waals surface area contributed by atoms with Crippen molar-refractivity contribution in [2.45, 2.75) is 33.6 Å². The van der Waals surface area contributed by atoms with Gasteiger partial charge in [-0.15, -0.1) is 0 Å². The number of rotatable bonds is 6. The van der Waals surface area contributed by atoms with E-state index in [0.717, 1.165) is 18.3 Å². The molecule has 1 aromatic heterocycles. The Bertz CT molecular complexity index is 375. The van der Waals surface area contributed by atoms with Crippen LogP contribution in [-0.4, -0.2) is 23.1 Å². The second kappa shape index (κ2) is 4.90. The van der Waals surface area contributed by atoms with Gasteiger partial charge in [0.15, 0.2) is 0 Å². The van der Waals surface area contributed by atoms with Gasteiger partial charge in [0.1, 0.15) is 12.1 Å². The van der Waals surface area contributed by atoms with E-state index in [1.165, 1.54) is 12.8 Å². The van der Waals surface area contributed by atoms with E-state index >= 15 is 0 Å². The van der Waals surface area contributed by atoms with Gasteiger partial charge in [0.05, 0.1) is 6.61 Å². The van der Waals surface area contributed by atoms with Crippen molar-refractivity contribution >= 4 is 5.82 Å². The standard InChI is InChI=1S/C13H21N3O/c1-4-17-12-7-11(15-9-16-12)14-8-13(5-6-13)10(2)3/h7,9-10H,4-6,8H2,1-3H3,(H,14,15,16). The molecule has 1 saturated carbocycles. The Balaban J connectivity index is 1.93. The number of ether oxygens (including phenoxy) is 1. The van der Waals surface area contributed by atoms with Crippen molar-refractivity contribution in [1.82, 2.24) is 9.97 Å². The molecule has 94 valence electrons. The van der Waals surface area contributed by atoms with Crippen molar-refractivity contribution < 1.29 is 4.74 Å². The van der Waals surface area contributed by atoms with E-state index in [4.69, 9.17) is 4.74 Å². The fraction of sp³-hybridized carbons (Fsp3) is 0.692. The molecule has 1 aromatic rings. The highest BCUT2D eigenvalue weighted by atomic mass is 16.5. The average molecular weight is 235 g/mol. The molecular weight excluding hydrogens is 214 g/mol. The maximum atomic E-state index is 5.35. The van der Waals surface area contributed by atoms with Crippen molar-refractivity contribution in [1.29, 1.82) is 0 Å². The maximum absolute atomic E-state index is 5.35. The zero-order valence-electron chi connectivity index (χ0n) is 10.9. The molecule has 0 saturated heterocycles. The number of hydrogen-bond acceptors (Lipinski definition) is 4. The van der Waals surface area contributed by atoms with Crippen molar-refractivity contribution in [3.05, 3.63) is 12.4 Å². The number of nitrogens with one attached hydrogen (secondary N) is 1. The first-order chi connectivity index (χ1) is 8.16. The molecule has 2 rings (SSSR count). The average Bonchev–Trinajstić information content (AvgIpc) is 3.08. The first kappa shape index (κ1) is 12.1. The maximum Gasteiger partial charge on any atom is 0.218 e. The van der Waals surface area contributed by atoms with Crippen LogP contribution in [0.5, 0.6) is 5.88 Å². The zero-order chi connectivity index (χ0) is 12.3. The van der Waals surface area contributed by atoms with Gasteiger partial charge in [-0.2, -0.15) is 0 Å². The lowest BCUT2D eigenvalue weighted by atomic mass is 9.92. The van der Waals surface area contributed by atoms with Crippen LogP contribution in [0.25, 0.3) is 0 Å². The van der Waals surface area contributed by atoms with E-state index in [-0.39, 0.29) is 0 Å². The minimum Gasteiger partial charge on any atom is -0.478 e. The van der Waals surface area contributed by atoms with E-state index in [9.17, 15) is 0 Å². The Labute approximate surface area is 103 Å². The predicted molar refractivity (Wildman–Crippen MR) is 68.2 cm³/mol. The van der Waals surface area contributed by atoms with E-state index < -0.39 is 0 Å². The third-order valence-corrected chi connectivity index (χ3v) is 3.67. The largest absolute Gasteiger partial charge is 0.478 e. The monoisotopic (exact) mass is 235 g/mol. The normalized spacial score (nSPS) is 16.9. The van der Waals surface area contributed by atoms with Crippen molar-refractivity contribution in [3.8, 4) is 5.88 Å². The molecule has 0 aromatic carbocycles. The fourth-order valence-electron chi connectivity index (χ4n) is 2.05. The fourth-order valence-corrected chi connectivity index (χ4v) is 2.05. The van der Waals surface area contributed by atoms with Gasteiger partial charge in [-0.3, -0.25) is 0 Å². The number of hydrogen-bond donors (Lipinski definition) is 1. The van der Waals surface area contributed by atoms with Gasteiger partial charge < -0.3 is 10.1 Å². The summed E-state index contributed by atoms with van der Waals surface area (Å²) in [4.78, 5) is 8.26. The highest BCUT2D eigenvalue weighted by Gasteiger charge is 2.44. The molecule has 1 N–H and O–H groups in total. The lowest BCUT2D eigenvalue weighted by molar-refractivity contribution is 0.326. The SMILES string of the molecule is CCOc1cc(NCC2(C(C)C)CC2)ncn1. The quantitative estimate of drug-likeness (QED) is 0.823. The number of nitrogens with zero attached hydrogens (tertiary/aromatic N) is 2. The Kier molecular flexibility index (Phi) is 3.50. The van der Waals surface area contributed by atoms with Gasteiger partial charge in [-0.05, 0) is 31.1 Å². The van der Waals surface area contributed by atoms with Crippen LogP contribution in [0.15, 0.2) is 12.4 Å². The third kappa shape index (κ3) is 2.87. The Morgan fingerprint density at radius 3 is 2.76 bits per heavy atom. The molecule has 17 heavy (non-hydrogen) atoms. The Hall–Kier alpha value is -1.32. The van der Waals surface area contributed by atoms with Crippen LogP contribution in [0.4, 0.5) is 5.82 Å². The minimum atomic E-state index is 0.483. The molecule has 0 unspecified atom stereocenters. The zero-order valence-corrected chi connectivity index (χ0v) is 10.9. The lowest BCUT2D eigenvalue weighted by Crippen LogP contribution is -2.21. The molecule has 1 aliphatic carbocycles. The van der Waals surface area contributed by atoms with E-state index in [1.807, 2.05) is 13.0 Å². The molecular formula is C13H21N3O. The molecule has 4 heteroatoms. The minimum absolute atomic E-state index is 0.483. The molecule has 4 nitrogen and oxygen atoms in total. The molecule has 1 aliphatic rings. The Morgan fingerprint density at radius 1 is 1.41 bits per heavy atom. The third-order valence-electron chi connectivity index (χ3n) is 3.67. The topological polar surface area (TPSA) is 47.0 Å². The van der Waals surface area contributed by atoms with Crippen LogP contribution < -0.4 is 10.1 Å². The lowest BCUT2D eigenvalue weighted by Gasteiger charge is -2.20. The summed E-state index contributed by atoms with van der Waals surface area (Å²) in [7, 11) is 0. The molecule has 1 heterocycles. The van der Waals surface area contributed by atoms with Gasteiger partial charge in [-0.1, -0.05) is 13.8 Å². The second-order valence-corrected chi connectivity index (χ2v) is 5.05. The summed E-state index contributed by atoms with van der Waals surface area (Å²) in [6, 6.07) is 1.86. The van der Waals surface area contributed by atoms with Crippen LogP contribution in [0.2, 0.25) is 0 Å². The number of aromatic nitrogens is 2. The second-order valence-electron chi connectivity index (χ2n) is 5.05. The van der Waals surface area contributed by atoms with Crippen LogP contribution in [0, 0.1) is 11.3 Å². The Morgan fingerprint density at radius 2 is 2.18 bits per heavy atom. The highest BCUT2D eigenvalue weighted by molar-refractivity contribution is 5.37. The summed E-state index contributed by atoms with van der Waals surface area (Å²) in [5.74, 6) is 2.22. The summed E-state index contributed by atoms with van der Waals surface area (Å²) in [5.41, 5.74) is 0.483. The van der Waals surface area contributed by atoms with Gasteiger partial charge >= 0.3 is 0 Å². The smallest absolute Gasteiger partial charge is 0.218 e. The van der Waals surface area contributed by atoms with Crippen LogP contribution in [-0.2, 0) is 0 Å². The first-order valence-electron chi connectivity index (χ1n) is 6.35. The van der Waals surface area contributed by atoms with E-state index in [2.05, 4.69) is 29.1 Å². The summed E-state index contributed by atoms with van der Waals surface area (Å²) in [6.45, 7) is 8.16.